The van der Waals surface area contributed by atoms with E-state index in [0.717, 1.165) is 18.7 Å². The lowest BCUT2D eigenvalue weighted by molar-refractivity contribution is 0.0690. The van der Waals surface area contributed by atoms with E-state index in [1.165, 1.54) is 18.0 Å². The van der Waals surface area contributed by atoms with Gasteiger partial charge < -0.3 is 14.7 Å². The summed E-state index contributed by atoms with van der Waals surface area (Å²) in [7, 11) is 3.58. The molecular weight excluding hydrogens is 294 g/mol. The lowest BCUT2D eigenvalue weighted by atomic mass is 10.0. The lowest BCUT2D eigenvalue weighted by Crippen LogP contribution is -2.26. The Hall–Kier alpha value is -2.63. The first-order valence-electron chi connectivity index (χ1n) is 7.39. The van der Waals surface area contributed by atoms with Crippen LogP contribution in [0.5, 0.6) is 5.75 Å². The number of nitrogens with zero attached hydrogens (tertiary/aromatic N) is 3. The van der Waals surface area contributed by atoms with Gasteiger partial charge in [0.15, 0.2) is 5.69 Å². The molecule has 122 valence electrons. The molecule has 0 amide bonds. The minimum absolute atomic E-state index is 0.0477. The third kappa shape index (κ3) is 4.67. The molecule has 6 nitrogen and oxygen atoms in total. The number of carboxylic acid groups (broad SMARTS) is 1. The van der Waals surface area contributed by atoms with E-state index in [-0.39, 0.29) is 5.69 Å². The molecule has 6 heteroatoms. The Morgan fingerprint density at radius 2 is 1.96 bits per heavy atom. The van der Waals surface area contributed by atoms with E-state index in [2.05, 4.69) is 29.0 Å². The molecule has 0 aliphatic carbocycles. The molecule has 0 saturated heterocycles. The Bertz CT molecular complexity index is 641. The van der Waals surface area contributed by atoms with E-state index in [1.807, 2.05) is 24.1 Å². The van der Waals surface area contributed by atoms with Crippen molar-refractivity contribution >= 4 is 11.8 Å². The van der Waals surface area contributed by atoms with Gasteiger partial charge in [0.1, 0.15) is 11.6 Å². The number of ether oxygens (including phenoxy) is 1. The van der Waals surface area contributed by atoms with Gasteiger partial charge in [-0.05, 0) is 30.0 Å². The Balaban J connectivity index is 1.92. The van der Waals surface area contributed by atoms with Crippen LogP contribution in [-0.2, 0) is 6.42 Å². The van der Waals surface area contributed by atoms with Crippen LogP contribution in [0.15, 0.2) is 36.7 Å². The van der Waals surface area contributed by atoms with Crippen LogP contribution < -0.4 is 9.64 Å². The zero-order chi connectivity index (χ0) is 16.8. The quantitative estimate of drug-likeness (QED) is 0.846. The maximum absolute atomic E-state index is 10.8. The smallest absolute Gasteiger partial charge is 0.356 e. The number of carbonyl (C=O) groups is 1. The van der Waals surface area contributed by atoms with Crippen molar-refractivity contribution in [2.45, 2.75) is 13.3 Å². The fourth-order valence-corrected chi connectivity index (χ4v) is 2.42. The first-order chi connectivity index (χ1) is 11.0. The Kier molecular flexibility index (Phi) is 5.51. The SMILES string of the molecule is COc1ccc(CC(C)CN(C)c2cnc(C(=O)O)cn2)cc1. The minimum Gasteiger partial charge on any atom is -0.497 e. The predicted molar refractivity (Wildman–Crippen MR) is 88.1 cm³/mol. The van der Waals surface area contributed by atoms with Crippen molar-refractivity contribution < 1.29 is 14.6 Å². The maximum atomic E-state index is 10.8. The molecule has 1 aromatic heterocycles. The van der Waals surface area contributed by atoms with Crippen molar-refractivity contribution in [3.8, 4) is 5.75 Å². The summed E-state index contributed by atoms with van der Waals surface area (Å²) in [5.41, 5.74) is 1.20. The number of hydrogen-bond donors (Lipinski definition) is 1. The van der Waals surface area contributed by atoms with Crippen LogP contribution in [0, 0.1) is 5.92 Å². The molecule has 1 unspecified atom stereocenters. The largest absolute Gasteiger partial charge is 0.497 e. The van der Waals surface area contributed by atoms with Gasteiger partial charge in [-0.25, -0.2) is 14.8 Å². The van der Waals surface area contributed by atoms with Gasteiger partial charge in [-0.3, -0.25) is 0 Å². The van der Waals surface area contributed by atoms with Crippen LogP contribution in [0.3, 0.4) is 0 Å². The molecule has 0 fully saturated rings. The number of benzene rings is 1. The molecule has 0 aliphatic rings. The maximum Gasteiger partial charge on any atom is 0.356 e. The molecule has 0 bridgehead atoms. The van der Waals surface area contributed by atoms with Crippen LogP contribution in [0.2, 0.25) is 0 Å². The van der Waals surface area contributed by atoms with Gasteiger partial charge in [-0.2, -0.15) is 0 Å². The van der Waals surface area contributed by atoms with Crippen molar-refractivity contribution in [2.24, 2.45) is 5.92 Å². The molecule has 2 rings (SSSR count). The minimum atomic E-state index is -1.07. The van der Waals surface area contributed by atoms with Crippen molar-refractivity contribution in [3.05, 3.63) is 47.9 Å². The van der Waals surface area contributed by atoms with Crippen LogP contribution >= 0.6 is 0 Å². The second kappa shape index (κ2) is 7.58. The van der Waals surface area contributed by atoms with E-state index in [9.17, 15) is 4.79 Å². The summed E-state index contributed by atoms with van der Waals surface area (Å²) < 4.78 is 5.16. The molecule has 0 spiro atoms. The summed E-state index contributed by atoms with van der Waals surface area (Å²) in [5, 5.41) is 8.84. The fraction of sp³-hybridized carbons (Fsp3) is 0.353. The summed E-state index contributed by atoms with van der Waals surface area (Å²) in [4.78, 5) is 20.8. The number of rotatable bonds is 7. The fourth-order valence-electron chi connectivity index (χ4n) is 2.42. The van der Waals surface area contributed by atoms with E-state index in [0.29, 0.717) is 11.7 Å². The van der Waals surface area contributed by atoms with E-state index in [1.54, 1.807) is 7.11 Å². The molecule has 2 aromatic rings. The van der Waals surface area contributed by atoms with Crippen LogP contribution in [0.25, 0.3) is 0 Å². The highest BCUT2D eigenvalue weighted by Gasteiger charge is 2.11. The summed E-state index contributed by atoms with van der Waals surface area (Å²) in [5.74, 6) is 0.859. The Labute approximate surface area is 135 Å². The van der Waals surface area contributed by atoms with Gasteiger partial charge in [0.25, 0.3) is 0 Å². The third-order valence-electron chi connectivity index (χ3n) is 3.58. The van der Waals surface area contributed by atoms with E-state index in [4.69, 9.17) is 9.84 Å². The lowest BCUT2D eigenvalue weighted by Gasteiger charge is -2.22. The molecular formula is C17H21N3O3. The number of methoxy groups -OCH3 is 1. The first-order valence-corrected chi connectivity index (χ1v) is 7.39. The van der Waals surface area contributed by atoms with Crippen molar-refractivity contribution in [3.63, 3.8) is 0 Å². The average Bonchev–Trinajstić information content (AvgIpc) is 2.55. The van der Waals surface area contributed by atoms with Crippen molar-refractivity contribution in [2.75, 3.05) is 25.6 Å². The first kappa shape index (κ1) is 16.7. The van der Waals surface area contributed by atoms with Crippen LogP contribution in [0.1, 0.15) is 23.0 Å². The average molecular weight is 315 g/mol. The highest BCUT2D eigenvalue weighted by molar-refractivity contribution is 5.84. The van der Waals surface area contributed by atoms with Crippen LogP contribution in [-0.4, -0.2) is 41.7 Å². The second-order valence-corrected chi connectivity index (χ2v) is 5.60. The number of hydrogen-bond acceptors (Lipinski definition) is 5. The van der Waals surface area contributed by atoms with Gasteiger partial charge in [0.2, 0.25) is 0 Å². The predicted octanol–water partition coefficient (Wildman–Crippen LogP) is 2.50. The third-order valence-corrected chi connectivity index (χ3v) is 3.58. The van der Waals surface area contributed by atoms with E-state index < -0.39 is 5.97 Å². The molecule has 0 radical (unpaired) electrons. The highest BCUT2D eigenvalue weighted by Crippen LogP contribution is 2.16. The Morgan fingerprint density at radius 3 is 2.48 bits per heavy atom. The van der Waals surface area contributed by atoms with Crippen molar-refractivity contribution in [1.29, 1.82) is 0 Å². The summed E-state index contributed by atoms with van der Waals surface area (Å²) in [6.07, 6.45) is 3.71. The van der Waals surface area contributed by atoms with Gasteiger partial charge in [0.05, 0.1) is 19.5 Å². The van der Waals surface area contributed by atoms with Gasteiger partial charge >= 0.3 is 5.97 Å². The number of aromatic nitrogens is 2. The zero-order valence-corrected chi connectivity index (χ0v) is 13.6. The molecule has 23 heavy (non-hydrogen) atoms. The summed E-state index contributed by atoms with van der Waals surface area (Å²) >= 11 is 0. The molecule has 1 N–H and O–H groups in total. The summed E-state index contributed by atoms with van der Waals surface area (Å²) in [6.45, 7) is 2.97. The normalized spacial score (nSPS) is 11.8. The number of carboxylic acids is 1. The van der Waals surface area contributed by atoms with E-state index >= 15 is 0 Å². The molecule has 1 atom stereocenters. The standard InChI is InChI=1S/C17H21N3O3/c1-12(8-13-4-6-14(23-3)7-5-13)11-20(2)16-10-18-15(9-19-16)17(21)22/h4-7,9-10,12H,8,11H2,1-3H3,(H,21,22). The van der Waals surface area contributed by atoms with Crippen molar-refractivity contribution in [1.82, 2.24) is 9.97 Å². The van der Waals surface area contributed by atoms with Gasteiger partial charge in [0, 0.05) is 13.6 Å². The molecule has 1 aromatic carbocycles. The van der Waals surface area contributed by atoms with Crippen LogP contribution in [0.4, 0.5) is 5.82 Å². The number of aromatic carboxylic acids is 1. The molecule has 1 heterocycles. The summed E-state index contributed by atoms with van der Waals surface area (Å²) in [6, 6.07) is 8.05. The Morgan fingerprint density at radius 1 is 1.26 bits per heavy atom. The monoisotopic (exact) mass is 315 g/mol. The van der Waals surface area contributed by atoms with Gasteiger partial charge in [-0.15, -0.1) is 0 Å². The van der Waals surface area contributed by atoms with Gasteiger partial charge in [-0.1, -0.05) is 19.1 Å². The topological polar surface area (TPSA) is 75.5 Å². The highest BCUT2D eigenvalue weighted by atomic mass is 16.5. The zero-order valence-electron chi connectivity index (χ0n) is 13.6. The number of anilines is 1. The molecule has 0 aliphatic heterocycles. The molecule has 0 saturated carbocycles. The second-order valence-electron chi connectivity index (χ2n) is 5.60.